The topological polar surface area (TPSA) is 52.9 Å². The number of hydrogen-bond donors (Lipinski definition) is 1. The van der Waals surface area contributed by atoms with E-state index < -0.39 is 18.6 Å². The third-order valence-corrected chi connectivity index (χ3v) is 7.07. The van der Waals surface area contributed by atoms with E-state index in [0.717, 1.165) is 0 Å². The largest absolute Gasteiger partial charge is 0.296 e. The maximum Gasteiger partial charge on any atom is 0.206 e. The van der Waals surface area contributed by atoms with Gasteiger partial charge in [-0.2, -0.15) is 5.26 Å². The van der Waals surface area contributed by atoms with E-state index in [2.05, 4.69) is 11.2 Å². The molecule has 0 saturated carbocycles. The highest BCUT2D eigenvalue weighted by Crippen LogP contribution is 2.43. The summed E-state index contributed by atoms with van der Waals surface area (Å²) >= 11 is 0. The molecule has 0 aliphatic heterocycles. The summed E-state index contributed by atoms with van der Waals surface area (Å²) in [7, 11) is -3.39. The molecule has 0 heterocycles. The van der Waals surface area contributed by atoms with E-state index in [0.29, 0.717) is 10.6 Å². The molecule has 0 aliphatic rings. The Bertz CT molecular complexity index is 942. The minimum Gasteiger partial charge on any atom is -0.296 e. The first-order valence-corrected chi connectivity index (χ1v) is 9.87. The second kappa shape index (κ2) is 7.25. The van der Waals surface area contributed by atoms with Crippen molar-refractivity contribution in [2.75, 3.05) is 0 Å². The number of rotatable bonds is 5. The summed E-state index contributed by atoms with van der Waals surface area (Å²) in [5.41, 5.74) is -1.30. The van der Waals surface area contributed by atoms with Crippen LogP contribution in [0.4, 0.5) is 4.39 Å². The highest BCUT2D eigenvalue weighted by Gasteiger charge is 2.39. The Kier molecular flexibility index (Phi) is 5.04. The highest BCUT2D eigenvalue weighted by atomic mass is 31.2. The van der Waals surface area contributed by atoms with Crippen LogP contribution in [0, 0.1) is 17.1 Å². The Morgan fingerprint density at radius 2 is 1.35 bits per heavy atom. The average molecular weight is 364 g/mol. The van der Waals surface area contributed by atoms with E-state index in [1.807, 2.05) is 12.1 Å². The zero-order valence-corrected chi connectivity index (χ0v) is 15.2. The lowest BCUT2D eigenvalue weighted by molar-refractivity contribution is 0.502. The van der Waals surface area contributed by atoms with Gasteiger partial charge in [0.15, 0.2) is 0 Å². The predicted molar refractivity (Wildman–Crippen MR) is 102 cm³/mol. The van der Waals surface area contributed by atoms with Crippen molar-refractivity contribution in [2.45, 2.75) is 12.5 Å². The van der Waals surface area contributed by atoms with Gasteiger partial charge in [-0.1, -0.05) is 54.6 Å². The first-order chi connectivity index (χ1) is 12.5. The van der Waals surface area contributed by atoms with Crippen molar-refractivity contribution in [1.29, 1.82) is 5.26 Å². The van der Waals surface area contributed by atoms with Crippen LogP contribution in [0.1, 0.15) is 12.5 Å². The number of hydrogen-bond acceptors (Lipinski definition) is 2. The maximum atomic E-state index is 14.4. The van der Waals surface area contributed by atoms with Gasteiger partial charge in [-0.15, -0.1) is 0 Å². The van der Waals surface area contributed by atoms with Crippen LogP contribution in [0.15, 0.2) is 84.9 Å². The van der Waals surface area contributed by atoms with Crippen LogP contribution >= 0.6 is 7.29 Å². The van der Waals surface area contributed by atoms with Crippen molar-refractivity contribution in [3.05, 3.63) is 96.3 Å². The number of benzene rings is 3. The first kappa shape index (κ1) is 18.1. The smallest absolute Gasteiger partial charge is 0.206 e. The second-order valence-corrected chi connectivity index (χ2v) is 8.58. The molecule has 3 rings (SSSR count). The summed E-state index contributed by atoms with van der Waals surface area (Å²) in [6.07, 6.45) is 0. The predicted octanol–water partition coefficient (Wildman–Crippen LogP) is 4.08. The van der Waals surface area contributed by atoms with Gasteiger partial charge in [0.2, 0.25) is 7.29 Å². The molecule has 0 aliphatic carbocycles. The van der Waals surface area contributed by atoms with E-state index >= 15 is 0 Å². The molecule has 0 aromatic heterocycles. The van der Waals surface area contributed by atoms with Crippen LogP contribution < -0.4 is 15.7 Å². The zero-order chi connectivity index (χ0) is 18.6. The molecule has 3 aromatic carbocycles. The quantitative estimate of drug-likeness (QED) is 0.694. The summed E-state index contributed by atoms with van der Waals surface area (Å²) in [6, 6.07) is 26.0. The van der Waals surface area contributed by atoms with E-state index in [9.17, 15) is 14.2 Å². The number of halogens is 1. The third kappa shape index (κ3) is 3.32. The Morgan fingerprint density at radius 3 is 1.81 bits per heavy atom. The molecule has 130 valence electrons. The van der Waals surface area contributed by atoms with Gasteiger partial charge in [-0.25, -0.2) is 9.48 Å². The van der Waals surface area contributed by atoms with Crippen LogP contribution in [0.5, 0.6) is 0 Å². The van der Waals surface area contributed by atoms with E-state index in [1.165, 1.54) is 12.1 Å². The second-order valence-electron chi connectivity index (χ2n) is 6.11. The molecule has 0 bridgehead atoms. The van der Waals surface area contributed by atoms with Gasteiger partial charge >= 0.3 is 0 Å². The Labute approximate surface area is 152 Å². The van der Waals surface area contributed by atoms with Gasteiger partial charge < -0.3 is 0 Å². The summed E-state index contributed by atoms with van der Waals surface area (Å²) in [5.74, 6) is -0.517. The van der Waals surface area contributed by atoms with Crippen molar-refractivity contribution >= 4 is 17.9 Å². The number of nitriles is 1. The fourth-order valence-corrected chi connectivity index (χ4v) is 5.42. The monoisotopic (exact) mass is 364 g/mol. The summed E-state index contributed by atoms with van der Waals surface area (Å²) in [4.78, 5) is 0. The van der Waals surface area contributed by atoms with Gasteiger partial charge in [0.25, 0.3) is 0 Å². The third-order valence-electron chi connectivity index (χ3n) is 4.26. The standard InChI is InChI=1S/C21H18FN2OP/c1-21(16-23,19-14-8-9-15-20(19)22)24-26(25,17-10-4-2-5-11-17)18-12-6-3-7-13-18/h2-15H,1H3,(H,24,25). The highest BCUT2D eigenvalue weighted by molar-refractivity contribution is 7.77. The van der Waals surface area contributed by atoms with Crippen molar-refractivity contribution in [1.82, 2.24) is 5.09 Å². The number of nitrogens with one attached hydrogen (secondary N) is 1. The van der Waals surface area contributed by atoms with Gasteiger partial charge in [-0.3, -0.25) is 4.57 Å². The van der Waals surface area contributed by atoms with Crippen molar-refractivity contribution in [3.63, 3.8) is 0 Å². The normalized spacial score (nSPS) is 13.6. The molecular weight excluding hydrogens is 346 g/mol. The van der Waals surface area contributed by atoms with Crippen LogP contribution in [0.2, 0.25) is 0 Å². The number of nitrogens with zero attached hydrogens (tertiary/aromatic N) is 1. The molecule has 0 radical (unpaired) electrons. The molecule has 26 heavy (non-hydrogen) atoms. The molecular formula is C21H18FN2OP. The van der Waals surface area contributed by atoms with Crippen molar-refractivity contribution < 1.29 is 8.96 Å². The summed E-state index contributed by atoms with van der Waals surface area (Å²) in [5, 5.41) is 13.9. The molecule has 3 nitrogen and oxygen atoms in total. The SMILES string of the molecule is CC(C#N)(NP(=O)(c1ccccc1)c1ccccc1)c1ccccc1F. The van der Waals surface area contributed by atoms with Crippen LogP contribution in [0.3, 0.4) is 0 Å². The van der Waals surface area contributed by atoms with Gasteiger partial charge in [-0.05, 0) is 37.3 Å². The lowest BCUT2D eigenvalue weighted by Crippen LogP contribution is -2.42. The van der Waals surface area contributed by atoms with Gasteiger partial charge in [0, 0.05) is 16.2 Å². The van der Waals surface area contributed by atoms with Crippen LogP contribution in [-0.4, -0.2) is 0 Å². The first-order valence-electron chi connectivity index (χ1n) is 8.16. The van der Waals surface area contributed by atoms with E-state index in [4.69, 9.17) is 0 Å². The van der Waals surface area contributed by atoms with Crippen LogP contribution in [0.25, 0.3) is 0 Å². The molecule has 0 saturated heterocycles. The minimum atomic E-state index is -3.39. The summed E-state index contributed by atoms with van der Waals surface area (Å²) < 4.78 is 28.5. The van der Waals surface area contributed by atoms with Gasteiger partial charge in [0.05, 0.1) is 6.07 Å². The van der Waals surface area contributed by atoms with Crippen molar-refractivity contribution in [3.8, 4) is 6.07 Å². The summed E-state index contributed by atoms with van der Waals surface area (Å²) in [6.45, 7) is 1.55. The van der Waals surface area contributed by atoms with Crippen molar-refractivity contribution in [2.24, 2.45) is 0 Å². The van der Waals surface area contributed by atoms with E-state index in [1.54, 1.807) is 67.6 Å². The van der Waals surface area contributed by atoms with E-state index in [-0.39, 0.29) is 5.56 Å². The maximum absolute atomic E-state index is 14.4. The molecule has 5 heteroatoms. The molecule has 0 amide bonds. The van der Waals surface area contributed by atoms with Gasteiger partial charge in [0.1, 0.15) is 11.4 Å². The fraction of sp³-hybridized carbons (Fsp3) is 0.0952. The fourth-order valence-electron chi connectivity index (χ4n) is 2.88. The molecule has 0 fully saturated rings. The molecule has 3 aromatic rings. The Morgan fingerprint density at radius 1 is 0.885 bits per heavy atom. The molecule has 1 N–H and O–H groups in total. The molecule has 1 atom stereocenters. The average Bonchev–Trinajstić information content (AvgIpc) is 2.69. The minimum absolute atomic E-state index is 0.162. The zero-order valence-electron chi connectivity index (χ0n) is 14.3. The Hall–Kier alpha value is -2.73. The molecule has 1 unspecified atom stereocenters. The molecule has 0 spiro atoms. The Balaban J connectivity index is 2.17. The lowest BCUT2D eigenvalue weighted by atomic mass is 9.94. The van der Waals surface area contributed by atoms with Crippen LogP contribution in [-0.2, 0) is 10.1 Å². The lowest BCUT2D eigenvalue weighted by Gasteiger charge is -2.31.